The average Bonchev–Trinajstić information content (AvgIpc) is 3.08. The third kappa shape index (κ3) is 2.84. The fourth-order valence-electron chi connectivity index (χ4n) is 1.97. The molecule has 8 heteroatoms. The summed E-state index contributed by atoms with van der Waals surface area (Å²) in [7, 11) is 1.81. The van der Waals surface area contributed by atoms with Gasteiger partial charge in [0.1, 0.15) is 5.69 Å². The van der Waals surface area contributed by atoms with Crippen molar-refractivity contribution in [3.05, 3.63) is 46.7 Å². The molecule has 0 atom stereocenters. The summed E-state index contributed by atoms with van der Waals surface area (Å²) in [6.07, 6.45) is 1.82. The van der Waals surface area contributed by atoms with Crippen LogP contribution >= 0.6 is 15.9 Å². The molecule has 3 aromatic rings. The molecule has 2 aromatic heterocycles. The maximum Gasteiger partial charge on any atom is 0.272 e. The third-order valence-corrected chi connectivity index (χ3v) is 3.36. The van der Waals surface area contributed by atoms with E-state index in [4.69, 9.17) is 0 Å². The molecule has 0 saturated carbocycles. The van der Waals surface area contributed by atoms with E-state index in [0.29, 0.717) is 17.2 Å². The number of anilines is 1. The predicted molar refractivity (Wildman–Crippen MR) is 80.7 cm³/mol. The Morgan fingerprint density at radius 1 is 1.38 bits per heavy atom. The quantitative estimate of drug-likeness (QED) is 0.760. The van der Waals surface area contributed by atoms with E-state index < -0.39 is 0 Å². The number of halogens is 1. The topological polar surface area (TPSA) is 88.5 Å². The first-order valence-corrected chi connectivity index (χ1v) is 6.90. The lowest BCUT2D eigenvalue weighted by molar-refractivity contribution is 0.101. The molecular weight excluding hydrogens is 336 g/mol. The molecule has 0 unspecified atom stereocenters. The summed E-state index contributed by atoms with van der Waals surface area (Å²) >= 11 is 3.35. The maximum atomic E-state index is 12.2. The number of aromatic amines is 1. The van der Waals surface area contributed by atoms with Crippen LogP contribution in [0.25, 0.3) is 11.4 Å². The highest BCUT2D eigenvalue weighted by molar-refractivity contribution is 9.10. The van der Waals surface area contributed by atoms with Gasteiger partial charge >= 0.3 is 0 Å². The monoisotopic (exact) mass is 346 g/mol. The molecule has 3 rings (SSSR count). The summed E-state index contributed by atoms with van der Waals surface area (Å²) < 4.78 is 2.61. The first-order chi connectivity index (χ1) is 10.1. The molecular formula is C13H11BrN6O. The van der Waals surface area contributed by atoms with Crippen molar-refractivity contribution in [3.8, 4) is 11.4 Å². The minimum absolute atomic E-state index is 0.187. The number of H-pyrrole nitrogens is 1. The zero-order valence-corrected chi connectivity index (χ0v) is 12.6. The van der Waals surface area contributed by atoms with Gasteiger partial charge in [0, 0.05) is 29.0 Å². The van der Waals surface area contributed by atoms with E-state index in [-0.39, 0.29) is 5.91 Å². The van der Waals surface area contributed by atoms with Gasteiger partial charge in [-0.25, -0.2) is 0 Å². The number of hydrogen-bond donors (Lipinski definition) is 2. The van der Waals surface area contributed by atoms with Crippen molar-refractivity contribution in [2.24, 2.45) is 7.05 Å². The molecule has 0 bridgehead atoms. The molecule has 106 valence electrons. The van der Waals surface area contributed by atoms with Gasteiger partial charge in [0.05, 0.1) is 0 Å². The fourth-order valence-corrected chi connectivity index (χ4v) is 2.49. The number of nitrogens with one attached hydrogen (secondary N) is 2. The van der Waals surface area contributed by atoms with E-state index in [1.807, 2.05) is 25.4 Å². The van der Waals surface area contributed by atoms with Crippen LogP contribution in [0.4, 0.5) is 5.69 Å². The van der Waals surface area contributed by atoms with Gasteiger partial charge in [-0.15, -0.1) is 10.2 Å². The second-order valence-corrected chi connectivity index (χ2v) is 5.34. The van der Waals surface area contributed by atoms with Gasteiger partial charge in [0.25, 0.3) is 5.91 Å². The van der Waals surface area contributed by atoms with Crippen molar-refractivity contribution < 1.29 is 4.79 Å². The Balaban J connectivity index is 1.84. The summed E-state index contributed by atoms with van der Waals surface area (Å²) in [5, 5.41) is 16.6. The maximum absolute atomic E-state index is 12.2. The lowest BCUT2D eigenvalue weighted by Crippen LogP contribution is -2.15. The zero-order chi connectivity index (χ0) is 14.8. The van der Waals surface area contributed by atoms with Gasteiger partial charge in [0.15, 0.2) is 0 Å². The molecule has 2 heterocycles. The van der Waals surface area contributed by atoms with E-state index in [2.05, 4.69) is 41.9 Å². The molecule has 0 aliphatic carbocycles. The molecule has 2 N–H and O–H groups in total. The Labute approximate surface area is 128 Å². The van der Waals surface area contributed by atoms with Crippen LogP contribution in [0.3, 0.4) is 0 Å². The number of aryl methyl sites for hydroxylation is 1. The highest BCUT2D eigenvalue weighted by atomic mass is 79.9. The molecule has 0 spiro atoms. The number of nitrogens with zero attached hydrogens (tertiary/aromatic N) is 4. The van der Waals surface area contributed by atoms with E-state index in [9.17, 15) is 4.79 Å². The van der Waals surface area contributed by atoms with Gasteiger partial charge in [-0.05, 0) is 39.3 Å². The van der Waals surface area contributed by atoms with Crippen molar-refractivity contribution in [3.63, 3.8) is 0 Å². The molecule has 0 aliphatic rings. The Bertz CT molecular complexity index is 780. The molecule has 0 aliphatic heterocycles. The van der Waals surface area contributed by atoms with Gasteiger partial charge in [-0.1, -0.05) is 12.1 Å². The largest absolute Gasteiger partial charge is 0.345 e. The van der Waals surface area contributed by atoms with Crippen molar-refractivity contribution in [2.45, 2.75) is 0 Å². The van der Waals surface area contributed by atoms with Crippen LogP contribution < -0.4 is 5.32 Å². The fraction of sp³-hybridized carbons (Fsp3) is 0.0769. The minimum atomic E-state index is -0.187. The van der Waals surface area contributed by atoms with Gasteiger partial charge in [0.2, 0.25) is 5.82 Å². The smallest absolute Gasteiger partial charge is 0.272 e. The molecule has 0 radical (unpaired) electrons. The van der Waals surface area contributed by atoms with Crippen LogP contribution in [-0.4, -0.2) is 31.1 Å². The number of tetrazole rings is 1. The Kier molecular flexibility index (Phi) is 3.53. The number of aromatic nitrogens is 5. The normalized spacial score (nSPS) is 10.6. The van der Waals surface area contributed by atoms with E-state index in [0.717, 1.165) is 10.0 Å². The molecule has 1 aromatic carbocycles. The van der Waals surface area contributed by atoms with E-state index >= 15 is 0 Å². The second-order valence-electron chi connectivity index (χ2n) is 4.42. The van der Waals surface area contributed by atoms with Crippen LogP contribution in [0.5, 0.6) is 0 Å². The van der Waals surface area contributed by atoms with E-state index in [1.165, 1.54) is 0 Å². The second kappa shape index (κ2) is 5.49. The number of benzene rings is 1. The third-order valence-electron chi connectivity index (χ3n) is 2.93. The number of rotatable bonds is 3. The lowest BCUT2D eigenvalue weighted by Gasteiger charge is -2.06. The van der Waals surface area contributed by atoms with Crippen molar-refractivity contribution in [1.29, 1.82) is 0 Å². The van der Waals surface area contributed by atoms with Crippen LogP contribution in [0, 0.1) is 0 Å². The summed E-state index contributed by atoms with van der Waals surface area (Å²) in [6.45, 7) is 0. The lowest BCUT2D eigenvalue weighted by atomic mass is 10.2. The summed E-state index contributed by atoms with van der Waals surface area (Å²) in [5.74, 6) is 0.293. The number of hydrogen-bond acceptors (Lipinski definition) is 4. The molecule has 1 amide bonds. The molecule has 7 nitrogen and oxygen atoms in total. The minimum Gasteiger partial charge on any atom is -0.345 e. The molecule has 0 fully saturated rings. The summed E-state index contributed by atoms with van der Waals surface area (Å²) in [4.78, 5) is 12.2. The number of amides is 1. The van der Waals surface area contributed by atoms with Crippen LogP contribution in [0.15, 0.2) is 41.0 Å². The van der Waals surface area contributed by atoms with E-state index in [1.54, 1.807) is 22.8 Å². The van der Waals surface area contributed by atoms with Crippen molar-refractivity contribution in [1.82, 2.24) is 25.2 Å². The van der Waals surface area contributed by atoms with Gasteiger partial charge in [-0.3, -0.25) is 4.79 Å². The summed E-state index contributed by atoms with van der Waals surface area (Å²) in [5.41, 5.74) is 2.00. The Morgan fingerprint density at radius 2 is 2.24 bits per heavy atom. The van der Waals surface area contributed by atoms with Crippen molar-refractivity contribution >= 4 is 27.5 Å². The van der Waals surface area contributed by atoms with Crippen LogP contribution in [-0.2, 0) is 7.05 Å². The number of carbonyl (C=O) groups excluding carboxylic acids is 1. The number of carbonyl (C=O) groups is 1. The zero-order valence-electron chi connectivity index (χ0n) is 11.0. The van der Waals surface area contributed by atoms with Crippen LogP contribution in [0.1, 0.15) is 10.5 Å². The first-order valence-electron chi connectivity index (χ1n) is 6.10. The average molecular weight is 347 g/mol. The summed E-state index contributed by atoms with van der Waals surface area (Å²) in [6, 6.07) is 9.03. The van der Waals surface area contributed by atoms with Crippen LogP contribution in [0.2, 0.25) is 0 Å². The first kappa shape index (κ1) is 13.5. The predicted octanol–water partition coefficient (Wildman–Crippen LogP) is 2.22. The SMILES string of the molecule is Cn1cc(Br)cc1C(=O)Nc1cccc(-c2nn[nH]n2)c1. The molecule has 21 heavy (non-hydrogen) atoms. The van der Waals surface area contributed by atoms with Gasteiger partial charge < -0.3 is 9.88 Å². The standard InChI is InChI=1S/C13H11BrN6O/c1-20-7-9(14)6-11(20)13(21)15-10-4-2-3-8(5-10)12-16-18-19-17-12/h2-7H,1H3,(H,15,21)(H,16,17,18,19). The van der Waals surface area contributed by atoms with Crippen molar-refractivity contribution in [2.75, 3.05) is 5.32 Å². The Morgan fingerprint density at radius 3 is 2.90 bits per heavy atom. The molecule has 0 saturated heterocycles. The highest BCUT2D eigenvalue weighted by Gasteiger charge is 2.12. The Hall–Kier alpha value is -2.48. The van der Waals surface area contributed by atoms with Gasteiger partial charge in [-0.2, -0.15) is 5.21 Å². The highest BCUT2D eigenvalue weighted by Crippen LogP contribution is 2.20.